The van der Waals surface area contributed by atoms with Crippen molar-refractivity contribution >= 4 is 18.1 Å². The number of carbonyl (C=O) groups is 1. The molecule has 11 heteroatoms. The highest BCUT2D eigenvalue weighted by Crippen LogP contribution is 2.23. The van der Waals surface area contributed by atoms with Crippen LogP contribution in [0.4, 0.5) is 13.2 Å². The van der Waals surface area contributed by atoms with E-state index >= 15 is 4.39 Å². The fourth-order valence-corrected chi connectivity index (χ4v) is 3.13. The van der Waals surface area contributed by atoms with Crippen molar-refractivity contribution in [1.82, 2.24) is 15.5 Å². The topological polar surface area (TPSA) is 87.6 Å². The molecule has 0 aliphatic carbocycles. The van der Waals surface area contributed by atoms with E-state index in [0.29, 0.717) is 24.1 Å². The Balaban J connectivity index is 3.37. The molecule has 212 valence electrons. The summed E-state index contributed by atoms with van der Waals surface area (Å²) in [5, 5.41) is 5.43. The van der Waals surface area contributed by atoms with Gasteiger partial charge in [-0.25, -0.2) is 18.2 Å². The molecule has 0 saturated carbocycles. The van der Waals surface area contributed by atoms with E-state index in [9.17, 15) is 13.6 Å². The number of likely N-dealkylation sites (N-methyl/N-ethyl adjacent to an activating group) is 1. The van der Waals surface area contributed by atoms with Gasteiger partial charge in [-0.05, 0) is 44.8 Å². The summed E-state index contributed by atoms with van der Waals surface area (Å²) in [5.41, 5.74) is 1.28. The van der Waals surface area contributed by atoms with Crippen molar-refractivity contribution in [2.45, 2.75) is 32.4 Å². The number of carbonyl (C=O) groups excluding carboxylic acids is 1. The molecule has 0 radical (unpaired) electrons. The SMILES string of the molecule is C=CN=C(N=C(CC(F)F)Oc1cccc(CN(C)C)c1C=O)NC(=C)/C=C(F)\C(=C/C(C)OC)C(=C)NC. The Labute approximate surface area is 228 Å². The number of nitrogens with zero attached hydrogens (tertiary/aromatic N) is 3. The third-order valence-corrected chi connectivity index (χ3v) is 4.99. The monoisotopic (exact) mass is 547 g/mol. The van der Waals surface area contributed by atoms with Crippen molar-refractivity contribution in [3.63, 3.8) is 0 Å². The largest absolute Gasteiger partial charge is 0.442 e. The Kier molecular flexibility index (Phi) is 14.2. The summed E-state index contributed by atoms with van der Waals surface area (Å²) in [5.74, 6) is -1.32. The molecule has 0 fully saturated rings. The fourth-order valence-electron chi connectivity index (χ4n) is 3.13. The zero-order valence-electron chi connectivity index (χ0n) is 22.9. The first-order valence-corrected chi connectivity index (χ1v) is 11.8. The van der Waals surface area contributed by atoms with Gasteiger partial charge >= 0.3 is 0 Å². The summed E-state index contributed by atoms with van der Waals surface area (Å²) >= 11 is 0. The standard InChI is InChI=1S/C28H36F3N5O3/c1-9-33-28(34-18(2)13-24(29)22(20(4)32-5)14-19(3)38-8)35-27(15-26(30)31)39-25-12-10-11-21(16-36(6)7)23(25)17-37/h9-14,17,19,26,32H,1-2,4,15-16H2,3,5-8H3,(H,33,34)/b22-14-,24-13+,35-27?. The molecule has 0 aliphatic heterocycles. The van der Waals surface area contributed by atoms with E-state index in [4.69, 9.17) is 9.47 Å². The van der Waals surface area contributed by atoms with Gasteiger partial charge in [-0.2, -0.15) is 4.99 Å². The van der Waals surface area contributed by atoms with Crippen molar-refractivity contribution in [3.8, 4) is 5.75 Å². The molecule has 8 nitrogen and oxygen atoms in total. The van der Waals surface area contributed by atoms with Crippen LogP contribution in [-0.4, -0.2) is 63.8 Å². The van der Waals surface area contributed by atoms with Crippen LogP contribution in [-0.2, 0) is 11.3 Å². The van der Waals surface area contributed by atoms with E-state index in [1.807, 2.05) is 19.0 Å². The maximum Gasteiger partial charge on any atom is 0.247 e. The van der Waals surface area contributed by atoms with Crippen LogP contribution in [0, 0.1) is 0 Å². The van der Waals surface area contributed by atoms with Crippen LogP contribution in [0.5, 0.6) is 5.75 Å². The summed E-state index contributed by atoms with van der Waals surface area (Å²) in [6.45, 7) is 13.2. The summed E-state index contributed by atoms with van der Waals surface area (Å²) in [7, 11) is 6.72. The Morgan fingerprint density at radius 2 is 1.95 bits per heavy atom. The van der Waals surface area contributed by atoms with Gasteiger partial charge in [0, 0.05) is 43.9 Å². The van der Waals surface area contributed by atoms with E-state index in [1.54, 1.807) is 26.1 Å². The highest BCUT2D eigenvalue weighted by atomic mass is 19.3. The van der Waals surface area contributed by atoms with Crippen molar-refractivity contribution in [1.29, 1.82) is 0 Å². The van der Waals surface area contributed by atoms with Gasteiger partial charge in [0.05, 0.1) is 18.1 Å². The molecule has 1 aromatic carbocycles. The van der Waals surface area contributed by atoms with Gasteiger partial charge in [0.15, 0.2) is 6.29 Å². The van der Waals surface area contributed by atoms with Gasteiger partial charge in [-0.15, -0.1) is 0 Å². The quantitative estimate of drug-likeness (QED) is 0.145. The molecule has 1 aromatic rings. The van der Waals surface area contributed by atoms with Gasteiger partial charge in [0.25, 0.3) is 0 Å². The number of ether oxygens (including phenoxy) is 2. The van der Waals surface area contributed by atoms with Crippen LogP contribution in [0.2, 0.25) is 0 Å². The Hall–Kier alpha value is -3.96. The molecule has 0 heterocycles. The third-order valence-electron chi connectivity index (χ3n) is 4.99. The lowest BCUT2D eigenvalue weighted by Crippen LogP contribution is -2.24. The van der Waals surface area contributed by atoms with E-state index in [0.717, 1.165) is 12.3 Å². The number of hydrogen-bond acceptors (Lipinski definition) is 6. The average molecular weight is 548 g/mol. The normalized spacial score (nSPS) is 13.8. The van der Waals surface area contributed by atoms with E-state index < -0.39 is 30.7 Å². The number of benzene rings is 1. The first-order valence-electron chi connectivity index (χ1n) is 11.8. The van der Waals surface area contributed by atoms with Crippen LogP contribution in [0.15, 0.2) is 89.1 Å². The molecule has 0 aliphatic rings. The summed E-state index contributed by atoms with van der Waals surface area (Å²) in [6, 6.07) is 4.85. The number of methoxy groups -OCH3 is 1. The molecule has 39 heavy (non-hydrogen) atoms. The van der Waals surface area contributed by atoms with Crippen LogP contribution in [0.1, 0.15) is 29.3 Å². The molecule has 1 rings (SSSR count). The van der Waals surface area contributed by atoms with Gasteiger partial charge < -0.3 is 25.0 Å². The molecule has 1 unspecified atom stereocenters. The predicted octanol–water partition coefficient (Wildman–Crippen LogP) is 5.14. The number of aldehydes is 1. The first kappa shape index (κ1) is 33.1. The van der Waals surface area contributed by atoms with Gasteiger partial charge in [0.1, 0.15) is 11.6 Å². The number of hydrogen-bond donors (Lipinski definition) is 2. The number of alkyl halides is 2. The smallest absolute Gasteiger partial charge is 0.247 e. The Morgan fingerprint density at radius 3 is 2.49 bits per heavy atom. The number of aliphatic imine (C=N–C) groups is 2. The number of rotatable bonds is 14. The van der Waals surface area contributed by atoms with Crippen molar-refractivity contribution in [3.05, 3.63) is 90.2 Å². The zero-order chi connectivity index (χ0) is 29.5. The van der Waals surface area contributed by atoms with Gasteiger partial charge in [-0.1, -0.05) is 31.9 Å². The zero-order valence-corrected chi connectivity index (χ0v) is 22.9. The fraction of sp³-hybridized carbons (Fsp3) is 0.321. The molecule has 0 aromatic heterocycles. The number of nitrogens with one attached hydrogen (secondary N) is 2. The Bertz CT molecular complexity index is 1160. The van der Waals surface area contributed by atoms with Crippen molar-refractivity contribution in [2.75, 3.05) is 28.3 Å². The minimum absolute atomic E-state index is 0.00493. The van der Waals surface area contributed by atoms with Crippen molar-refractivity contribution in [2.24, 2.45) is 9.98 Å². The van der Waals surface area contributed by atoms with Crippen LogP contribution in [0.25, 0.3) is 0 Å². The molecule has 1 atom stereocenters. The van der Waals surface area contributed by atoms with Crippen molar-refractivity contribution < 1.29 is 27.4 Å². The van der Waals surface area contributed by atoms with E-state index in [-0.39, 0.29) is 28.5 Å². The highest BCUT2D eigenvalue weighted by Gasteiger charge is 2.17. The summed E-state index contributed by atoms with van der Waals surface area (Å²) in [4.78, 5) is 21.6. The van der Waals surface area contributed by atoms with Gasteiger partial charge in [-0.3, -0.25) is 4.79 Å². The van der Waals surface area contributed by atoms with Crippen LogP contribution >= 0.6 is 0 Å². The molecule has 0 amide bonds. The summed E-state index contributed by atoms with van der Waals surface area (Å²) in [6.07, 6.45) is 0.189. The maximum absolute atomic E-state index is 15.1. The number of halogens is 3. The average Bonchev–Trinajstić information content (AvgIpc) is 2.85. The molecule has 0 saturated heterocycles. The number of guanidine groups is 1. The second-order valence-electron chi connectivity index (χ2n) is 8.41. The number of allylic oxidation sites excluding steroid dienone is 2. The third kappa shape index (κ3) is 11.5. The predicted molar refractivity (Wildman–Crippen MR) is 150 cm³/mol. The molecular formula is C28H36F3N5O3. The Morgan fingerprint density at radius 1 is 1.26 bits per heavy atom. The lowest BCUT2D eigenvalue weighted by Gasteiger charge is -2.16. The highest BCUT2D eigenvalue weighted by molar-refractivity contribution is 5.96. The molecular weight excluding hydrogens is 511 g/mol. The van der Waals surface area contributed by atoms with E-state index in [2.05, 4.69) is 40.4 Å². The first-order chi connectivity index (χ1) is 18.4. The summed E-state index contributed by atoms with van der Waals surface area (Å²) < 4.78 is 52.7. The van der Waals surface area contributed by atoms with E-state index in [1.165, 1.54) is 19.3 Å². The molecule has 0 bridgehead atoms. The maximum atomic E-state index is 15.1. The second-order valence-corrected chi connectivity index (χ2v) is 8.41. The molecule has 0 spiro atoms. The van der Waals surface area contributed by atoms with Gasteiger partial charge in [0.2, 0.25) is 18.3 Å². The lowest BCUT2D eigenvalue weighted by atomic mass is 10.1. The lowest BCUT2D eigenvalue weighted by molar-refractivity contribution is 0.112. The minimum Gasteiger partial charge on any atom is -0.442 e. The molecule has 2 N–H and O–H groups in total. The minimum atomic E-state index is -2.82. The second kappa shape index (κ2) is 16.8. The van der Waals surface area contributed by atoms with Crippen LogP contribution < -0.4 is 15.4 Å². The van der Waals surface area contributed by atoms with Crippen LogP contribution in [0.3, 0.4) is 0 Å².